The molecule has 1 atom stereocenters. The number of rotatable bonds is 8. The molecule has 110 valence electrons. The van der Waals surface area contributed by atoms with Crippen LogP contribution < -0.4 is 10.1 Å². The quantitative estimate of drug-likeness (QED) is 0.723. The van der Waals surface area contributed by atoms with Crippen LogP contribution in [0.5, 0.6) is 5.75 Å². The zero-order valence-electron chi connectivity index (χ0n) is 11.3. The van der Waals surface area contributed by atoms with E-state index in [1.807, 2.05) is 0 Å². The number of carboxylic acids is 1. The fraction of sp³-hybridized carbons (Fsp3) is 0.429. The number of ether oxygens (including phenoxy) is 1. The molecule has 0 heterocycles. The number of nitrogens with one attached hydrogen (secondary N) is 1. The van der Waals surface area contributed by atoms with Crippen molar-refractivity contribution < 1.29 is 19.4 Å². The number of carbonyl (C=O) groups is 2. The summed E-state index contributed by atoms with van der Waals surface area (Å²) in [6, 6.07) is 6.76. The first kappa shape index (κ1) is 16.3. The third kappa shape index (κ3) is 6.43. The largest absolute Gasteiger partial charge is 0.481 e. The predicted molar refractivity (Wildman–Crippen MR) is 76.0 cm³/mol. The van der Waals surface area contributed by atoms with Gasteiger partial charge in [-0.1, -0.05) is 11.6 Å². The van der Waals surface area contributed by atoms with Gasteiger partial charge in [0, 0.05) is 18.0 Å². The van der Waals surface area contributed by atoms with Gasteiger partial charge in [-0.05, 0) is 44.0 Å². The van der Waals surface area contributed by atoms with Crippen molar-refractivity contribution in [1.82, 2.24) is 5.32 Å². The van der Waals surface area contributed by atoms with Gasteiger partial charge in [-0.15, -0.1) is 0 Å². The van der Waals surface area contributed by atoms with E-state index in [1.165, 1.54) is 0 Å². The summed E-state index contributed by atoms with van der Waals surface area (Å²) < 4.78 is 5.46. The van der Waals surface area contributed by atoms with E-state index in [1.54, 1.807) is 31.2 Å². The molecule has 1 aromatic carbocycles. The molecule has 1 unspecified atom stereocenters. The maximum absolute atomic E-state index is 11.7. The Balaban J connectivity index is 2.25. The lowest BCUT2D eigenvalue weighted by molar-refractivity contribution is -0.137. The van der Waals surface area contributed by atoms with Crippen LogP contribution in [-0.4, -0.2) is 29.6 Å². The molecule has 0 radical (unpaired) electrons. The standard InChI is InChI=1S/C14H18ClNO4/c1-10(20-12-7-5-11(15)6-8-12)14(19)16-9-3-2-4-13(17)18/h5-8,10H,2-4,9H2,1H3,(H,16,19)(H,17,18). The van der Waals surface area contributed by atoms with Crippen molar-refractivity contribution in [2.75, 3.05) is 6.54 Å². The maximum atomic E-state index is 11.7. The lowest BCUT2D eigenvalue weighted by Crippen LogP contribution is -2.36. The van der Waals surface area contributed by atoms with Gasteiger partial charge in [0.1, 0.15) is 5.75 Å². The molecule has 0 fully saturated rings. The zero-order valence-corrected chi connectivity index (χ0v) is 12.0. The van der Waals surface area contributed by atoms with Crippen LogP contribution in [0.1, 0.15) is 26.2 Å². The summed E-state index contributed by atoms with van der Waals surface area (Å²) >= 11 is 5.75. The second kappa shape index (κ2) is 8.43. The Morgan fingerprint density at radius 1 is 1.30 bits per heavy atom. The Labute approximate surface area is 122 Å². The zero-order chi connectivity index (χ0) is 15.0. The molecule has 0 aromatic heterocycles. The molecule has 1 rings (SSSR count). The van der Waals surface area contributed by atoms with E-state index in [0.717, 1.165) is 0 Å². The lowest BCUT2D eigenvalue weighted by atomic mass is 10.2. The summed E-state index contributed by atoms with van der Waals surface area (Å²) in [5.74, 6) is -0.478. The van der Waals surface area contributed by atoms with E-state index in [-0.39, 0.29) is 12.3 Å². The molecule has 0 saturated heterocycles. The van der Waals surface area contributed by atoms with Gasteiger partial charge < -0.3 is 15.2 Å². The van der Waals surface area contributed by atoms with E-state index >= 15 is 0 Å². The number of aliphatic carboxylic acids is 1. The first-order valence-corrected chi connectivity index (χ1v) is 6.78. The first-order chi connectivity index (χ1) is 9.49. The third-order valence-electron chi connectivity index (χ3n) is 2.61. The highest BCUT2D eigenvalue weighted by Crippen LogP contribution is 2.16. The van der Waals surface area contributed by atoms with E-state index in [9.17, 15) is 9.59 Å². The topological polar surface area (TPSA) is 75.6 Å². The van der Waals surface area contributed by atoms with Crippen molar-refractivity contribution in [3.63, 3.8) is 0 Å². The van der Waals surface area contributed by atoms with Gasteiger partial charge in [0.25, 0.3) is 5.91 Å². The Morgan fingerprint density at radius 2 is 1.95 bits per heavy atom. The molecule has 0 bridgehead atoms. The molecule has 0 aliphatic rings. The normalized spacial score (nSPS) is 11.7. The smallest absolute Gasteiger partial charge is 0.303 e. The van der Waals surface area contributed by atoms with Crippen LogP contribution in [0.2, 0.25) is 5.02 Å². The van der Waals surface area contributed by atoms with Gasteiger partial charge in [-0.3, -0.25) is 9.59 Å². The van der Waals surface area contributed by atoms with Crippen LogP contribution in [0.3, 0.4) is 0 Å². The second-order valence-corrected chi connectivity index (χ2v) is 4.79. The minimum Gasteiger partial charge on any atom is -0.481 e. The van der Waals surface area contributed by atoms with Crippen molar-refractivity contribution >= 4 is 23.5 Å². The molecule has 1 amide bonds. The number of unbranched alkanes of at least 4 members (excludes halogenated alkanes) is 1. The van der Waals surface area contributed by atoms with Crippen molar-refractivity contribution in [3.05, 3.63) is 29.3 Å². The molecule has 20 heavy (non-hydrogen) atoms. The summed E-state index contributed by atoms with van der Waals surface area (Å²) in [5.41, 5.74) is 0. The van der Waals surface area contributed by atoms with Crippen LogP contribution >= 0.6 is 11.6 Å². The molecule has 1 aromatic rings. The average molecular weight is 300 g/mol. The maximum Gasteiger partial charge on any atom is 0.303 e. The molecular formula is C14H18ClNO4. The summed E-state index contributed by atoms with van der Waals surface area (Å²) in [6.45, 7) is 2.10. The highest BCUT2D eigenvalue weighted by molar-refractivity contribution is 6.30. The molecule has 0 aliphatic carbocycles. The number of benzene rings is 1. The average Bonchev–Trinajstić information content (AvgIpc) is 2.40. The summed E-state index contributed by atoms with van der Waals surface area (Å²) in [4.78, 5) is 22.0. The predicted octanol–water partition coefficient (Wildman–Crippen LogP) is 2.48. The SMILES string of the molecule is CC(Oc1ccc(Cl)cc1)C(=O)NCCCCC(=O)O. The van der Waals surface area contributed by atoms with Gasteiger partial charge in [0.2, 0.25) is 0 Å². The van der Waals surface area contributed by atoms with Gasteiger partial charge >= 0.3 is 5.97 Å². The van der Waals surface area contributed by atoms with Crippen molar-refractivity contribution in [3.8, 4) is 5.75 Å². The molecule has 2 N–H and O–H groups in total. The molecule has 0 saturated carbocycles. The van der Waals surface area contributed by atoms with Crippen LogP contribution in [0.4, 0.5) is 0 Å². The van der Waals surface area contributed by atoms with Gasteiger partial charge in [0.05, 0.1) is 0 Å². The molecule has 0 spiro atoms. The number of carbonyl (C=O) groups excluding carboxylic acids is 1. The third-order valence-corrected chi connectivity index (χ3v) is 2.86. The van der Waals surface area contributed by atoms with Gasteiger partial charge in [-0.2, -0.15) is 0 Å². The number of halogens is 1. The highest BCUT2D eigenvalue weighted by Gasteiger charge is 2.13. The van der Waals surface area contributed by atoms with E-state index in [0.29, 0.717) is 30.2 Å². The summed E-state index contributed by atoms with van der Waals surface area (Å²) in [6.07, 6.45) is 0.677. The molecular weight excluding hydrogens is 282 g/mol. The van der Waals surface area contributed by atoms with Crippen molar-refractivity contribution in [1.29, 1.82) is 0 Å². The number of amides is 1. The number of carboxylic acid groups (broad SMARTS) is 1. The molecule has 0 aliphatic heterocycles. The Hall–Kier alpha value is -1.75. The van der Waals surface area contributed by atoms with Crippen molar-refractivity contribution in [2.24, 2.45) is 0 Å². The second-order valence-electron chi connectivity index (χ2n) is 4.36. The number of hydrogen-bond acceptors (Lipinski definition) is 3. The van der Waals surface area contributed by atoms with Gasteiger partial charge in [-0.25, -0.2) is 0 Å². The fourth-order valence-electron chi connectivity index (χ4n) is 1.53. The van der Waals surface area contributed by atoms with Crippen molar-refractivity contribution in [2.45, 2.75) is 32.3 Å². The Bertz CT molecular complexity index is 447. The van der Waals surface area contributed by atoms with E-state index in [2.05, 4.69) is 5.32 Å². The van der Waals surface area contributed by atoms with Crippen LogP contribution in [0, 0.1) is 0 Å². The fourth-order valence-corrected chi connectivity index (χ4v) is 1.65. The van der Waals surface area contributed by atoms with Crippen LogP contribution in [0.25, 0.3) is 0 Å². The summed E-state index contributed by atoms with van der Waals surface area (Å²) in [7, 11) is 0. The monoisotopic (exact) mass is 299 g/mol. The Kier molecular flexibility index (Phi) is 6.87. The highest BCUT2D eigenvalue weighted by atomic mass is 35.5. The minimum atomic E-state index is -0.823. The number of hydrogen-bond donors (Lipinski definition) is 2. The molecule has 6 heteroatoms. The summed E-state index contributed by atoms with van der Waals surface area (Å²) in [5, 5.41) is 11.8. The van der Waals surface area contributed by atoms with E-state index in [4.69, 9.17) is 21.4 Å². The minimum absolute atomic E-state index is 0.118. The van der Waals surface area contributed by atoms with Crippen LogP contribution in [0.15, 0.2) is 24.3 Å². The van der Waals surface area contributed by atoms with Gasteiger partial charge in [0.15, 0.2) is 6.10 Å². The molecule has 5 nitrogen and oxygen atoms in total. The lowest BCUT2D eigenvalue weighted by Gasteiger charge is -2.14. The first-order valence-electron chi connectivity index (χ1n) is 6.41. The van der Waals surface area contributed by atoms with E-state index < -0.39 is 12.1 Å². The van der Waals surface area contributed by atoms with Crippen LogP contribution in [-0.2, 0) is 9.59 Å². The Morgan fingerprint density at radius 3 is 2.55 bits per heavy atom.